The Labute approximate surface area is 162 Å². The number of carbonyl (C=O) groups excluding carboxylic acids is 1. The molecule has 3 heteroatoms. The maximum Gasteiger partial charge on any atom is 0.340 e. The Hall–Kier alpha value is -2.39. The van der Waals surface area contributed by atoms with Gasteiger partial charge in [0.15, 0.2) is 6.10 Å². The van der Waals surface area contributed by atoms with E-state index in [9.17, 15) is 4.79 Å². The van der Waals surface area contributed by atoms with Crippen LogP contribution in [0.4, 0.5) is 0 Å². The summed E-state index contributed by atoms with van der Waals surface area (Å²) < 4.78 is 11.4. The third kappa shape index (κ3) is 5.80. The zero-order valence-electron chi connectivity index (χ0n) is 16.8. The van der Waals surface area contributed by atoms with Crippen LogP contribution in [0.3, 0.4) is 0 Å². The summed E-state index contributed by atoms with van der Waals surface area (Å²) in [4.78, 5) is 12.9. The second kappa shape index (κ2) is 9.52. The van der Waals surface area contributed by atoms with Gasteiger partial charge in [-0.1, -0.05) is 54.1 Å². The highest BCUT2D eigenvalue weighted by molar-refractivity contribution is 5.85. The lowest BCUT2D eigenvalue weighted by Crippen LogP contribution is -2.34. The molecule has 2 atom stereocenters. The summed E-state index contributed by atoms with van der Waals surface area (Å²) >= 11 is 0. The Bertz CT molecular complexity index is 817. The molecule has 0 saturated carbocycles. The minimum atomic E-state index is -0.748. The molecule has 144 valence electrons. The van der Waals surface area contributed by atoms with Crippen LogP contribution in [-0.2, 0) is 14.3 Å². The van der Waals surface area contributed by atoms with Crippen molar-refractivity contribution >= 4 is 16.7 Å². The van der Waals surface area contributed by atoms with Crippen molar-refractivity contribution in [2.24, 2.45) is 0 Å². The number of fused-ring (bicyclic) bond motifs is 1. The second-order valence-corrected chi connectivity index (χ2v) is 7.41. The van der Waals surface area contributed by atoms with Crippen LogP contribution in [0, 0.1) is 0 Å². The predicted molar refractivity (Wildman–Crippen MR) is 112 cm³/mol. The molecule has 0 aliphatic carbocycles. The number of hydrogen-bond acceptors (Lipinski definition) is 3. The molecule has 0 spiro atoms. The van der Waals surface area contributed by atoms with E-state index in [0.717, 1.165) is 29.2 Å². The number of carbonyl (C=O) groups is 1. The van der Waals surface area contributed by atoms with Crippen LogP contribution < -0.4 is 0 Å². The molecule has 2 rings (SSSR count). The summed E-state index contributed by atoms with van der Waals surface area (Å²) in [6.07, 6.45) is 5.41. The van der Waals surface area contributed by atoms with E-state index < -0.39 is 11.7 Å². The van der Waals surface area contributed by atoms with Crippen molar-refractivity contribution in [3.8, 4) is 0 Å². The molecule has 0 bridgehead atoms. The number of rotatable bonds is 9. The minimum Gasteiger partial charge on any atom is -0.457 e. The molecule has 2 aromatic carbocycles. The fourth-order valence-corrected chi connectivity index (χ4v) is 3.20. The van der Waals surface area contributed by atoms with Gasteiger partial charge in [0, 0.05) is 13.5 Å². The van der Waals surface area contributed by atoms with Crippen molar-refractivity contribution in [2.75, 3.05) is 7.11 Å². The van der Waals surface area contributed by atoms with Gasteiger partial charge in [-0.15, -0.1) is 6.58 Å². The number of ether oxygens (including phenoxy) is 2. The normalized spacial score (nSPS) is 14.2. The van der Waals surface area contributed by atoms with Crippen molar-refractivity contribution in [2.45, 2.75) is 51.7 Å². The lowest BCUT2D eigenvalue weighted by Gasteiger charge is -2.30. The van der Waals surface area contributed by atoms with E-state index >= 15 is 0 Å². The second-order valence-electron chi connectivity index (χ2n) is 7.41. The maximum absolute atomic E-state index is 12.9. The van der Waals surface area contributed by atoms with E-state index in [-0.39, 0.29) is 5.97 Å². The Morgan fingerprint density at radius 2 is 1.89 bits per heavy atom. The van der Waals surface area contributed by atoms with Crippen LogP contribution in [-0.4, -0.2) is 18.7 Å². The van der Waals surface area contributed by atoms with E-state index in [1.165, 1.54) is 12.7 Å². The van der Waals surface area contributed by atoms with E-state index in [4.69, 9.17) is 9.47 Å². The van der Waals surface area contributed by atoms with Gasteiger partial charge in [-0.25, -0.2) is 4.79 Å². The van der Waals surface area contributed by atoms with Gasteiger partial charge >= 0.3 is 5.97 Å². The summed E-state index contributed by atoms with van der Waals surface area (Å²) in [6, 6.07) is 14.0. The highest BCUT2D eigenvalue weighted by Gasteiger charge is 2.31. The molecule has 0 N–H and O–H groups in total. The molecule has 0 radical (unpaired) electrons. The van der Waals surface area contributed by atoms with Crippen LogP contribution in [0.25, 0.3) is 10.8 Å². The van der Waals surface area contributed by atoms with E-state index in [0.29, 0.717) is 6.42 Å². The lowest BCUT2D eigenvalue weighted by molar-refractivity contribution is -0.171. The third-order valence-electron chi connectivity index (χ3n) is 4.67. The molecule has 0 amide bonds. The Kier molecular flexibility index (Phi) is 7.37. The van der Waals surface area contributed by atoms with Gasteiger partial charge in [0.1, 0.15) is 5.60 Å². The van der Waals surface area contributed by atoms with Gasteiger partial charge in [-0.3, -0.25) is 0 Å². The topological polar surface area (TPSA) is 35.5 Å². The number of allylic oxidation sites excluding steroid dienone is 2. The Morgan fingerprint density at radius 1 is 1.19 bits per heavy atom. The molecule has 1 unspecified atom stereocenters. The van der Waals surface area contributed by atoms with Crippen LogP contribution in [0.5, 0.6) is 0 Å². The summed E-state index contributed by atoms with van der Waals surface area (Å²) in [6.45, 7) is 9.91. The van der Waals surface area contributed by atoms with Gasteiger partial charge < -0.3 is 9.47 Å². The molecule has 0 aromatic heterocycles. The molecule has 0 saturated heterocycles. The Balaban J connectivity index is 2.19. The third-order valence-corrected chi connectivity index (χ3v) is 4.67. The first-order valence-corrected chi connectivity index (χ1v) is 9.37. The van der Waals surface area contributed by atoms with Crippen molar-refractivity contribution < 1.29 is 14.3 Å². The van der Waals surface area contributed by atoms with Crippen LogP contribution in [0.15, 0.2) is 66.8 Å². The molecule has 0 heterocycles. The summed E-state index contributed by atoms with van der Waals surface area (Å²) in [5.74, 6) is -0.366. The predicted octanol–water partition coefficient (Wildman–Crippen LogP) is 6.15. The first-order chi connectivity index (χ1) is 12.9. The average Bonchev–Trinajstić information content (AvgIpc) is 2.62. The van der Waals surface area contributed by atoms with E-state index in [1.807, 2.05) is 49.4 Å². The lowest BCUT2D eigenvalue weighted by atomic mass is 9.95. The number of benzene rings is 2. The van der Waals surface area contributed by atoms with Gasteiger partial charge in [0.2, 0.25) is 0 Å². The molecule has 0 aliphatic heterocycles. The fraction of sp³-hybridized carbons (Fsp3) is 0.375. The van der Waals surface area contributed by atoms with Gasteiger partial charge in [-0.2, -0.15) is 0 Å². The van der Waals surface area contributed by atoms with Crippen molar-refractivity contribution in [1.82, 2.24) is 0 Å². The number of esters is 1. The molecule has 2 aromatic rings. The van der Waals surface area contributed by atoms with Crippen LogP contribution in [0.1, 0.15) is 51.7 Å². The van der Waals surface area contributed by atoms with Crippen LogP contribution >= 0.6 is 0 Å². The maximum atomic E-state index is 12.9. The van der Waals surface area contributed by atoms with Crippen molar-refractivity contribution in [3.05, 3.63) is 72.3 Å². The van der Waals surface area contributed by atoms with Crippen LogP contribution in [0.2, 0.25) is 0 Å². The summed E-state index contributed by atoms with van der Waals surface area (Å²) in [5.41, 5.74) is 1.46. The highest BCUT2D eigenvalue weighted by atomic mass is 16.6. The monoisotopic (exact) mass is 366 g/mol. The first-order valence-electron chi connectivity index (χ1n) is 9.37. The standard InChI is InChI=1S/C24H30O3/c1-6-15-24(4,16-9-10-18(2)3)27-23(25)22(26-5)21-14-13-19-11-7-8-12-20(19)17-21/h6-8,10-14,17,22H,1,9,15-16H2,2-5H3/t22?,24-/m0/s1. The Morgan fingerprint density at radius 3 is 2.52 bits per heavy atom. The molecule has 3 nitrogen and oxygen atoms in total. The smallest absolute Gasteiger partial charge is 0.340 e. The largest absolute Gasteiger partial charge is 0.457 e. The molecule has 0 aliphatic rings. The zero-order valence-corrected chi connectivity index (χ0v) is 16.8. The molecule has 0 fully saturated rings. The minimum absolute atomic E-state index is 0.366. The van der Waals surface area contributed by atoms with Crippen molar-refractivity contribution in [1.29, 1.82) is 0 Å². The van der Waals surface area contributed by atoms with E-state index in [2.05, 4.69) is 26.5 Å². The molecule has 27 heavy (non-hydrogen) atoms. The quantitative estimate of drug-likeness (QED) is 0.394. The summed E-state index contributed by atoms with van der Waals surface area (Å²) in [7, 11) is 1.54. The summed E-state index contributed by atoms with van der Waals surface area (Å²) in [5, 5.41) is 2.20. The highest BCUT2D eigenvalue weighted by Crippen LogP contribution is 2.29. The number of hydrogen-bond donors (Lipinski definition) is 0. The zero-order chi connectivity index (χ0) is 19.9. The van der Waals surface area contributed by atoms with Gasteiger partial charge in [0.25, 0.3) is 0 Å². The van der Waals surface area contributed by atoms with Gasteiger partial charge in [-0.05, 0) is 56.0 Å². The van der Waals surface area contributed by atoms with Crippen molar-refractivity contribution in [3.63, 3.8) is 0 Å². The average molecular weight is 367 g/mol. The van der Waals surface area contributed by atoms with E-state index in [1.54, 1.807) is 6.08 Å². The molecular formula is C24H30O3. The first kappa shape index (κ1) is 20.9. The van der Waals surface area contributed by atoms with Gasteiger partial charge in [0.05, 0.1) is 0 Å². The molecular weight excluding hydrogens is 336 g/mol. The number of methoxy groups -OCH3 is 1. The fourth-order valence-electron chi connectivity index (χ4n) is 3.20. The SMILES string of the molecule is C=CC[C@@](C)(CCC=C(C)C)OC(=O)C(OC)c1ccc2ccccc2c1.